The van der Waals surface area contributed by atoms with Gasteiger partial charge in [0.2, 0.25) is 0 Å². The lowest BCUT2D eigenvalue weighted by atomic mass is 9.94. The summed E-state index contributed by atoms with van der Waals surface area (Å²) in [4.78, 5) is 4.49. The van der Waals surface area contributed by atoms with Gasteiger partial charge in [-0.3, -0.25) is 0 Å². The molecule has 3 aromatic rings. The van der Waals surface area contributed by atoms with E-state index in [9.17, 15) is 0 Å². The quantitative estimate of drug-likeness (QED) is 0.494. The van der Waals surface area contributed by atoms with Gasteiger partial charge in [0.25, 0.3) is 0 Å². The van der Waals surface area contributed by atoms with Gasteiger partial charge in [-0.1, -0.05) is 23.7 Å². The highest BCUT2D eigenvalue weighted by atomic mass is 15.0. The smallest absolute Gasteiger partial charge is 0.144 e. The van der Waals surface area contributed by atoms with Crippen molar-refractivity contribution in [2.75, 3.05) is 0 Å². The van der Waals surface area contributed by atoms with Gasteiger partial charge in [0.15, 0.2) is 0 Å². The van der Waals surface area contributed by atoms with Crippen LogP contribution in [0.25, 0.3) is 16.4 Å². The molecule has 15 heavy (non-hydrogen) atoms. The molecule has 0 fully saturated rings. The fraction of sp³-hybridized carbons (Fsp3) is 0.0833. The SMILES string of the molecule is [B]c1ccc2c(ccn3cc(C)nc23)c1. The largest absolute Gasteiger partial charge is 0.306 e. The van der Waals surface area contributed by atoms with E-state index < -0.39 is 0 Å². The molecular weight excluding hydrogens is 183 g/mol. The Kier molecular flexibility index (Phi) is 1.63. The predicted molar refractivity (Wildman–Crippen MR) is 62.8 cm³/mol. The predicted octanol–water partition coefficient (Wildman–Crippen LogP) is 1.59. The van der Waals surface area contributed by atoms with Crippen LogP contribution in [-0.4, -0.2) is 17.2 Å². The van der Waals surface area contributed by atoms with Crippen molar-refractivity contribution in [3.8, 4) is 0 Å². The molecule has 0 unspecified atom stereocenters. The number of fused-ring (bicyclic) bond motifs is 3. The van der Waals surface area contributed by atoms with Gasteiger partial charge in [0.05, 0.1) is 5.69 Å². The zero-order valence-corrected chi connectivity index (χ0v) is 8.44. The van der Waals surface area contributed by atoms with Crippen molar-refractivity contribution < 1.29 is 0 Å². The van der Waals surface area contributed by atoms with Crippen molar-refractivity contribution in [2.24, 2.45) is 0 Å². The molecule has 1 aromatic carbocycles. The van der Waals surface area contributed by atoms with E-state index in [0.717, 1.165) is 27.6 Å². The van der Waals surface area contributed by atoms with Crippen LogP contribution < -0.4 is 5.46 Å². The summed E-state index contributed by atoms with van der Waals surface area (Å²) in [5, 5.41) is 2.27. The van der Waals surface area contributed by atoms with Gasteiger partial charge in [-0.15, -0.1) is 0 Å². The molecule has 2 heterocycles. The molecule has 2 aromatic heterocycles. The number of benzene rings is 1. The lowest BCUT2D eigenvalue weighted by molar-refractivity contribution is 1.20. The van der Waals surface area contributed by atoms with Crippen LogP contribution in [0.3, 0.4) is 0 Å². The first-order chi connectivity index (χ1) is 7.24. The van der Waals surface area contributed by atoms with Crippen LogP contribution in [0.15, 0.2) is 36.7 Å². The molecule has 0 bridgehead atoms. The number of hydrogen-bond donors (Lipinski definition) is 0. The second kappa shape index (κ2) is 2.86. The Hall–Kier alpha value is -1.77. The third kappa shape index (κ3) is 1.23. The molecule has 0 aliphatic carbocycles. The Labute approximate surface area is 89.0 Å². The number of hydrogen-bond acceptors (Lipinski definition) is 1. The molecule has 0 spiro atoms. The molecule has 0 aliphatic heterocycles. The lowest BCUT2D eigenvalue weighted by Gasteiger charge is -2.01. The van der Waals surface area contributed by atoms with Crippen molar-refractivity contribution in [3.05, 3.63) is 42.4 Å². The van der Waals surface area contributed by atoms with E-state index in [1.807, 2.05) is 41.9 Å². The van der Waals surface area contributed by atoms with Gasteiger partial charge in [-0.25, -0.2) is 4.98 Å². The fourth-order valence-electron chi connectivity index (χ4n) is 1.91. The second-order valence-corrected chi connectivity index (χ2v) is 3.78. The molecule has 0 saturated carbocycles. The molecule has 0 N–H and O–H groups in total. The van der Waals surface area contributed by atoms with Crippen LogP contribution in [-0.2, 0) is 0 Å². The Balaban J connectivity index is 2.53. The Bertz CT molecular complexity index is 655. The van der Waals surface area contributed by atoms with Crippen LogP contribution in [0.5, 0.6) is 0 Å². The first-order valence-corrected chi connectivity index (χ1v) is 4.87. The van der Waals surface area contributed by atoms with Crippen molar-refractivity contribution in [2.45, 2.75) is 6.92 Å². The summed E-state index contributed by atoms with van der Waals surface area (Å²) in [5.41, 5.74) is 2.81. The van der Waals surface area contributed by atoms with Crippen molar-refractivity contribution >= 4 is 29.7 Å². The summed E-state index contributed by atoms with van der Waals surface area (Å²) in [5.74, 6) is 0. The minimum atomic E-state index is 0.787. The number of nitrogens with zero attached hydrogens (tertiary/aromatic N) is 2. The zero-order chi connectivity index (χ0) is 10.4. The standard InChI is InChI=1S/C12H9BN2/c1-8-7-15-5-4-9-6-10(13)2-3-11(9)12(15)14-8/h2-7H,1H3. The minimum Gasteiger partial charge on any atom is -0.306 e. The summed E-state index contributed by atoms with van der Waals surface area (Å²) in [6.07, 6.45) is 4.03. The van der Waals surface area contributed by atoms with E-state index in [-0.39, 0.29) is 0 Å². The minimum absolute atomic E-state index is 0.787. The van der Waals surface area contributed by atoms with Gasteiger partial charge in [-0.2, -0.15) is 0 Å². The van der Waals surface area contributed by atoms with Crippen molar-refractivity contribution in [1.29, 1.82) is 0 Å². The Morgan fingerprint density at radius 3 is 3.00 bits per heavy atom. The monoisotopic (exact) mass is 192 g/mol. The number of imidazole rings is 1. The van der Waals surface area contributed by atoms with Gasteiger partial charge >= 0.3 is 0 Å². The number of aromatic nitrogens is 2. The van der Waals surface area contributed by atoms with Crippen molar-refractivity contribution in [3.63, 3.8) is 0 Å². The maximum Gasteiger partial charge on any atom is 0.144 e. The zero-order valence-electron chi connectivity index (χ0n) is 8.44. The molecule has 2 radical (unpaired) electrons. The van der Waals surface area contributed by atoms with Crippen LogP contribution in [0.4, 0.5) is 0 Å². The number of aryl methyl sites for hydroxylation is 1. The van der Waals surface area contributed by atoms with E-state index in [1.165, 1.54) is 0 Å². The first-order valence-electron chi connectivity index (χ1n) is 4.87. The fourth-order valence-corrected chi connectivity index (χ4v) is 1.91. The van der Waals surface area contributed by atoms with Crippen molar-refractivity contribution in [1.82, 2.24) is 9.38 Å². The molecular formula is C12H9BN2. The highest BCUT2D eigenvalue weighted by Crippen LogP contribution is 2.18. The summed E-state index contributed by atoms with van der Waals surface area (Å²) < 4.78 is 2.04. The average Bonchev–Trinajstić information content (AvgIpc) is 2.58. The second-order valence-electron chi connectivity index (χ2n) is 3.78. The molecule has 0 saturated heterocycles. The maximum atomic E-state index is 5.75. The first kappa shape index (κ1) is 8.54. The topological polar surface area (TPSA) is 17.3 Å². The van der Waals surface area contributed by atoms with Crippen LogP contribution in [0.1, 0.15) is 5.69 Å². The molecule has 0 aliphatic rings. The van der Waals surface area contributed by atoms with E-state index in [4.69, 9.17) is 7.85 Å². The highest BCUT2D eigenvalue weighted by molar-refractivity contribution is 6.33. The molecule has 70 valence electrons. The van der Waals surface area contributed by atoms with E-state index in [1.54, 1.807) is 0 Å². The number of rotatable bonds is 0. The van der Waals surface area contributed by atoms with Gasteiger partial charge in [0, 0.05) is 17.8 Å². The summed E-state index contributed by atoms with van der Waals surface area (Å²) >= 11 is 0. The number of pyridine rings is 1. The Morgan fingerprint density at radius 2 is 2.13 bits per heavy atom. The lowest BCUT2D eigenvalue weighted by Crippen LogP contribution is -2.00. The van der Waals surface area contributed by atoms with Crippen LogP contribution in [0.2, 0.25) is 0 Å². The molecule has 3 heteroatoms. The molecule has 0 amide bonds. The van der Waals surface area contributed by atoms with Gasteiger partial charge in [0.1, 0.15) is 13.5 Å². The van der Waals surface area contributed by atoms with Gasteiger partial charge < -0.3 is 4.40 Å². The summed E-state index contributed by atoms with van der Waals surface area (Å²) in [6, 6.07) is 7.96. The van der Waals surface area contributed by atoms with E-state index in [0.29, 0.717) is 0 Å². The van der Waals surface area contributed by atoms with Crippen LogP contribution in [0, 0.1) is 6.92 Å². The van der Waals surface area contributed by atoms with Crippen LogP contribution >= 0.6 is 0 Å². The third-order valence-electron chi connectivity index (χ3n) is 2.58. The third-order valence-corrected chi connectivity index (χ3v) is 2.58. The van der Waals surface area contributed by atoms with E-state index >= 15 is 0 Å². The van der Waals surface area contributed by atoms with Gasteiger partial charge in [-0.05, 0) is 18.4 Å². The molecule has 3 rings (SSSR count). The summed E-state index contributed by atoms with van der Waals surface area (Å²) in [7, 11) is 5.75. The molecule has 0 atom stereocenters. The summed E-state index contributed by atoms with van der Waals surface area (Å²) in [6.45, 7) is 2.00. The highest BCUT2D eigenvalue weighted by Gasteiger charge is 2.02. The normalized spacial score (nSPS) is 11.3. The molecule has 2 nitrogen and oxygen atoms in total. The van der Waals surface area contributed by atoms with E-state index in [2.05, 4.69) is 11.1 Å². The Morgan fingerprint density at radius 1 is 1.27 bits per heavy atom. The average molecular weight is 192 g/mol. The maximum absolute atomic E-state index is 5.75.